The van der Waals surface area contributed by atoms with Gasteiger partial charge in [-0.2, -0.15) is 0 Å². The van der Waals surface area contributed by atoms with Crippen LogP contribution in [0.15, 0.2) is 24.3 Å². The van der Waals surface area contributed by atoms with E-state index in [0.29, 0.717) is 30.0 Å². The van der Waals surface area contributed by atoms with Gasteiger partial charge in [0.2, 0.25) is 0 Å². The van der Waals surface area contributed by atoms with Crippen LogP contribution in [0, 0.1) is 17.8 Å². The number of fused-ring (bicyclic) bond motifs is 3. The fourth-order valence-corrected chi connectivity index (χ4v) is 6.62. The van der Waals surface area contributed by atoms with Crippen LogP contribution in [0.25, 0.3) is 10.9 Å². The predicted octanol–water partition coefficient (Wildman–Crippen LogP) is 2.41. The molecule has 2 unspecified atom stereocenters. The number of H-pyrrole nitrogens is 1. The lowest BCUT2D eigenvalue weighted by Gasteiger charge is -2.66. The smallest absolute Gasteiger partial charge is 0.164 e. The van der Waals surface area contributed by atoms with Crippen molar-refractivity contribution < 1.29 is 14.6 Å². The van der Waals surface area contributed by atoms with E-state index >= 15 is 0 Å². The standard InChI is InChI=1S/C20H24N2O3/c1-9-16-12-8-15-18-11(10-5-3-4-6-13(10)21-18)7-14(22(9)15)17(12)20(24-2)25-19(16)23/h3-6,9,12,14-17,19-21,23H,7-8H2,1-2H3/t9-,12?,14-,15-,16+,17+,19+,20+/m0/s1. The molecule has 0 saturated carbocycles. The monoisotopic (exact) mass is 340 g/mol. The summed E-state index contributed by atoms with van der Waals surface area (Å²) in [5.74, 6) is 0.991. The molecular weight excluding hydrogens is 316 g/mol. The van der Waals surface area contributed by atoms with Gasteiger partial charge in [0.05, 0.1) is 6.04 Å². The van der Waals surface area contributed by atoms with Crippen molar-refractivity contribution in [3.05, 3.63) is 35.5 Å². The number of piperidine rings is 3. The first-order valence-corrected chi connectivity index (χ1v) is 9.42. The first-order chi connectivity index (χ1) is 12.2. The average molecular weight is 340 g/mol. The van der Waals surface area contributed by atoms with Gasteiger partial charge >= 0.3 is 0 Å². The molecule has 5 heteroatoms. The molecule has 1 aromatic carbocycles. The molecule has 0 radical (unpaired) electrons. The van der Waals surface area contributed by atoms with Gasteiger partial charge in [0.1, 0.15) is 0 Å². The molecule has 9 atom stereocenters. The Labute approximate surface area is 146 Å². The number of hydrogen-bond acceptors (Lipinski definition) is 4. The largest absolute Gasteiger partial charge is 0.368 e. The molecule has 4 fully saturated rings. The van der Waals surface area contributed by atoms with Gasteiger partial charge in [-0.25, -0.2) is 0 Å². The van der Waals surface area contributed by atoms with Crippen LogP contribution >= 0.6 is 0 Å². The molecule has 6 heterocycles. The Morgan fingerprint density at radius 2 is 2.12 bits per heavy atom. The maximum Gasteiger partial charge on any atom is 0.164 e. The molecule has 1 aromatic heterocycles. The van der Waals surface area contributed by atoms with Gasteiger partial charge < -0.3 is 19.6 Å². The van der Waals surface area contributed by atoms with Crippen LogP contribution in [0.1, 0.15) is 30.6 Å². The number of aliphatic hydroxyl groups excluding tert-OH is 1. The minimum Gasteiger partial charge on any atom is -0.368 e. The van der Waals surface area contributed by atoms with Gasteiger partial charge in [-0.15, -0.1) is 0 Å². The van der Waals surface area contributed by atoms with Gasteiger partial charge in [-0.05, 0) is 37.3 Å². The molecule has 0 amide bonds. The van der Waals surface area contributed by atoms with E-state index in [1.165, 1.54) is 22.2 Å². The van der Waals surface area contributed by atoms with Crippen LogP contribution in [-0.4, -0.2) is 46.8 Å². The Bertz CT molecular complexity index is 849. The summed E-state index contributed by atoms with van der Waals surface area (Å²) in [6.45, 7) is 2.26. The molecule has 2 aromatic rings. The van der Waals surface area contributed by atoms with Crippen molar-refractivity contribution in [1.29, 1.82) is 0 Å². The number of ether oxygens (including phenoxy) is 2. The quantitative estimate of drug-likeness (QED) is 0.837. The molecule has 5 aliphatic rings. The third-order valence-electron chi connectivity index (χ3n) is 7.44. The van der Waals surface area contributed by atoms with E-state index in [1.54, 1.807) is 7.11 Å². The Morgan fingerprint density at radius 3 is 2.96 bits per heavy atom. The SMILES string of the molecule is CO[C@@H]1O[C@@H](O)[C@H]2C3C[C@H]4c5[nH]c6ccccc6c5C[C@@H]([C@@H]31)N4[C@H]2C. The number of aromatic nitrogens is 1. The van der Waals surface area contributed by atoms with E-state index in [0.717, 1.165) is 12.8 Å². The maximum atomic E-state index is 10.6. The summed E-state index contributed by atoms with van der Waals surface area (Å²) in [5, 5.41) is 11.9. The third-order valence-corrected chi connectivity index (χ3v) is 7.44. The molecule has 4 saturated heterocycles. The highest BCUT2D eigenvalue weighted by molar-refractivity contribution is 5.85. The number of hydrogen-bond donors (Lipinski definition) is 2. The summed E-state index contributed by atoms with van der Waals surface area (Å²) in [6.07, 6.45) is 1.10. The minimum atomic E-state index is -0.716. The molecular formula is C20H24N2O3. The topological polar surface area (TPSA) is 57.7 Å². The van der Waals surface area contributed by atoms with Crippen LogP contribution in [0.5, 0.6) is 0 Å². The number of rotatable bonds is 1. The van der Waals surface area contributed by atoms with Gasteiger partial charge in [0, 0.05) is 47.6 Å². The summed E-state index contributed by atoms with van der Waals surface area (Å²) >= 11 is 0. The summed E-state index contributed by atoms with van der Waals surface area (Å²) in [4.78, 5) is 6.37. The molecule has 5 nitrogen and oxygen atoms in total. The van der Waals surface area contributed by atoms with Crippen molar-refractivity contribution in [2.24, 2.45) is 17.8 Å². The van der Waals surface area contributed by atoms with Gasteiger partial charge in [0.15, 0.2) is 12.6 Å². The number of nitrogens with one attached hydrogen (secondary N) is 1. The number of para-hydroxylation sites is 1. The third kappa shape index (κ3) is 1.68. The number of benzene rings is 1. The summed E-state index contributed by atoms with van der Waals surface area (Å²) < 4.78 is 11.5. The number of aliphatic hydroxyl groups is 1. The van der Waals surface area contributed by atoms with Crippen LogP contribution in [0.3, 0.4) is 0 Å². The minimum absolute atomic E-state index is 0.190. The van der Waals surface area contributed by atoms with Crippen LogP contribution in [-0.2, 0) is 15.9 Å². The van der Waals surface area contributed by atoms with Crippen LogP contribution in [0.2, 0.25) is 0 Å². The zero-order valence-corrected chi connectivity index (χ0v) is 14.6. The zero-order chi connectivity index (χ0) is 16.9. The van der Waals surface area contributed by atoms with Crippen molar-refractivity contribution >= 4 is 10.9 Å². The van der Waals surface area contributed by atoms with Gasteiger partial charge in [-0.3, -0.25) is 4.90 Å². The Balaban J connectivity index is 1.53. The molecule has 6 bridgehead atoms. The van der Waals surface area contributed by atoms with Crippen molar-refractivity contribution in [3.63, 3.8) is 0 Å². The highest BCUT2D eigenvalue weighted by atomic mass is 16.7. The van der Waals surface area contributed by atoms with Crippen LogP contribution < -0.4 is 0 Å². The van der Waals surface area contributed by atoms with Crippen molar-refractivity contribution in [2.75, 3.05) is 7.11 Å². The highest BCUT2D eigenvalue weighted by Gasteiger charge is 2.64. The zero-order valence-electron chi connectivity index (χ0n) is 14.6. The van der Waals surface area contributed by atoms with Gasteiger partial charge in [0.25, 0.3) is 0 Å². The molecule has 25 heavy (non-hydrogen) atoms. The second-order valence-electron chi connectivity index (χ2n) is 8.22. The number of methoxy groups -OCH3 is 1. The van der Waals surface area contributed by atoms with Crippen molar-refractivity contribution in [1.82, 2.24) is 9.88 Å². The van der Waals surface area contributed by atoms with E-state index in [-0.39, 0.29) is 12.2 Å². The summed E-state index contributed by atoms with van der Waals surface area (Å²) in [5.41, 5.74) is 4.12. The van der Waals surface area contributed by atoms with Crippen LogP contribution in [0.4, 0.5) is 0 Å². The molecule has 0 spiro atoms. The number of aromatic amines is 1. The Kier molecular flexibility index (Phi) is 2.86. The van der Waals surface area contributed by atoms with E-state index in [1.807, 2.05) is 0 Å². The average Bonchev–Trinajstić information content (AvgIpc) is 2.99. The first kappa shape index (κ1) is 14.7. The lowest BCUT2D eigenvalue weighted by Crippen LogP contribution is -2.73. The summed E-state index contributed by atoms with van der Waals surface area (Å²) in [7, 11) is 1.70. The molecule has 132 valence electrons. The lowest BCUT2D eigenvalue weighted by molar-refractivity contribution is -0.355. The van der Waals surface area contributed by atoms with E-state index in [9.17, 15) is 5.11 Å². The maximum absolute atomic E-state index is 10.6. The second kappa shape index (κ2) is 4.86. The fourth-order valence-electron chi connectivity index (χ4n) is 6.62. The van der Waals surface area contributed by atoms with Gasteiger partial charge in [-0.1, -0.05) is 18.2 Å². The predicted molar refractivity (Wildman–Crippen MR) is 92.8 cm³/mol. The second-order valence-corrected chi connectivity index (χ2v) is 8.22. The van der Waals surface area contributed by atoms with E-state index < -0.39 is 6.29 Å². The Morgan fingerprint density at radius 1 is 1.28 bits per heavy atom. The van der Waals surface area contributed by atoms with E-state index in [2.05, 4.69) is 41.1 Å². The van der Waals surface area contributed by atoms with Crippen molar-refractivity contribution in [2.45, 2.75) is 50.5 Å². The molecule has 5 aliphatic heterocycles. The molecule has 2 N–H and O–H groups in total. The summed E-state index contributed by atoms with van der Waals surface area (Å²) in [6, 6.07) is 9.83. The number of nitrogens with zero attached hydrogens (tertiary/aromatic N) is 1. The van der Waals surface area contributed by atoms with Crippen molar-refractivity contribution in [3.8, 4) is 0 Å². The fraction of sp³-hybridized carbons (Fsp3) is 0.600. The normalized spacial score (nSPS) is 47.1. The van der Waals surface area contributed by atoms with E-state index in [4.69, 9.17) is 9.47 Å². The molecule has 0 aliphatic carbocycles. The highest BCUT2D eigenvalue weighted by Crippen LogP contribution is 2.60. The Hall–Kier alpha value is -1.40. The molecule has 7 rings (SSSR count). The lowest BCUT2D eigenvalue weighted by atomic mass is 9.58. The first-order valence-electron chi connectivity index (χ1n) is 9.42.